The summed E-state index contributed by atoms with van der Waals surface area (Å²) >= 11 is 0. The molecule has 0 saturated heterocycles. The number of aryl methyl sites for hydroxylation is 1. The summed E-state index contributed by atoms with van der Waals surface area (Å²) in [6, 6.07) is 7.86. The Bertz CT molecular complexity index is 1120. The molecule has 3 nitrogen and oxygen atoms in total. The van der Waals surface area contributed by atoms with E-state index in [1.54, 1.807) is 6.07 Å². The highest BCUT2D eigenvalue weighted by Crippen LogP contribution is 2.35. The van der Waals surface area contributed by atoms with Crippen molar-refractivity contribution in [2.75, 3.05) is 0 Å². The maximum atomic E-state index is 14.3. The van der Waals surface area contributed by atoms with Gasteiger partial charge in [0.15, 0.2) is 11.6 Å². The Labute approximate surface area is 173 Å². The van der Waals surface area contributed by atoms with E-state index < -0.39 is 35.5 Å². The van der Waals surface area contributed by atoms with Gasteiger partial charge in [-0.25, -0.2) is 18.0 Å². The summed E-state index contributed by atoms with van der Waals surface area (Å²) in [5.74, 6) is -6.70. The number of alkyl halides is 3. The van der Waals surface area contributed by atoms with Crippen LogP contribution in [0.1, 0.15) is 35.7 Å². The van der Waals surface area contributed by atoms with Crippen LogP contribution in [0, 0.1) is 17.5 Å². The molecular formula is C22H16F6O3. The first-order valence-corrected chi connectivity index (χ1v) is 9.27. The van der Waals surface area contributed by atoms with Crippen LogP contribution >= 0.6 is 0 Å². The van der Waals surface area contributed by atoms with E-state index in [2.05, 4.69) is 4.74 Å². The van der Waals surface area contributed by atoms with Crippen LogP contribution in [0.5, 0.6) is 11.5 Å². The van der Waals surface area contributed by atoms with E-state index in [-0.39, 0.29) is 22.1 Å². The van der Waals surface area contributed by atoms with Crippen LogP contribution < -0.4 is 9.47 Å². The number of hydrogen-bond acceptors (Lipinski definition) is 3. The van der Waals surface area contributed by atoms with Crippen LogP contribution in [-0.4, -0.2) is 12.3 Å². The second-order valence-corrected chi connectivity index (χ2v) is 6.74. The first-order valence-electron chi connectivity index (χ1n) is 9.27. The van der Waals surface area contributed by atoms with Crippen LogP contribution in [0.3, 0.4) is 0 Å². The van der Waals surface area contributed by atoms with Gasteiger partial charge >= 0.3 is 12.3 Å². The number of esters is 1. The maximum Gasteiger partial charge on any atom is 0.573 e. The largest absolute Gasteiger partial charge is 0.573 e. The summed E-state index contributed by atoms with van der Waals surface area (Å²) in [5.41, 5.74) is 0.399. The average Bonchev–Trinajstić information content (AvgIpc) is 2.68. The lowest BCUT2D eigenvalue weighted by molar-refractivity contribution is -0.276. The van der Waals surface area contributed by atoms with Gasteiger partial charge in [0.25, 0.3) is 0 Å². The third-order valence-corrected chi connectivity index (χ3v) is 4.46. The van der Waals surface area contributed by atoms with E-state index in [0.29, 0.717) is 12.5 Å². The Morgan fingerprint density at radius 3 is 2.35 bits per heavy atom. The summed E-state index contributed by atoms with van der Waals surface area (Å²) in [5, 5.41) is -0.558. The van der Waals surface area contributed by atoms with Crippen molar-refractivity contribution in [1.29, 1.82) is 0 Å². The zero-order valence-electron chi connectivity index (χ0n) is 16.2. The van der Waals surface area contributed by atoms with Crippen molar-refractivity contribution in [1.82, 2.24) is 0 Å². The minimum absolute atomic E-state index is 0.171. The highest BCUT2D eigenvalue weighted by molar-refractivity contribution is 5.92. The fraction of sp³-hybridized carbons (Fsp3) is 0.227. The molecule has 0 aliphatic rings. The summed E-state index contributed by atoms with van der Waals surface area (Å²) in [6.07, 6.45) is -2.83. The Morgan fingerprint density at radius 1 is 0.968 bits per heavy atom. The van der Waals surface area contributed by atoms with Gasteiger partial charge in [0.2, 0.25) is 5.75 Å². The normalized spacial score (nSPS) is 11.6. The highest BCUT2D eigenvalue weighted by atomic mass is 19.4. The molecule has 31 heavy (non-hydrogen) atoms. The Hall–Kier alpha value is -3.23. The molecule has 0 saturated carbocycles. The highest BCUT2D eigenvalue weighted by Gasteiger charge is 2.34. The van der Waals surface area contributed by atoms with Crippen molar-refractivity contribution in [2.24, 2.45) is 0 Å². The lowest BCUT2D eigenvalue weighted by Crippen LogP contribution is -2.19. The number of fused-ring (bicyclic) bond motifs is 1. The molecule has 0 atom stereocenters. The van der Waals surface area contributed by atoms with Gasteiger partial charge in [-0.3, -0.25) is 0 Å². The second-order valence-electron chi connectivity index (χ2n) is 6.74. The van der Waals surface area contributed by atoms with Crippen molar-refractivity contribution >= 4 is 16.7 Å². The molecule has 0 spiro atoms. The molecule has 0 bridgehead atoms. The molecule has 0 N–H and O–H groups in total. The minimum atomic E-state index is -5.28. The number of carbonyl (C=O) groups excluding carboxylic acids is 1. The van der Waals surface area contributed by atoms with Gasteiger partial charge in [0, 0.05) is 5.39 Å². The van der Waals surface area contributed by atoms with E-state index >= 15 is 0 Å². The van der Waals surface area contributed by atoms with Crippen molar-refractivity contribution in [3.8, 4) is 11.5 Å². The van der Waals surface area contributed by atoms with Crippen LogP contribution in [0.4, 0.5) is 26.3 Å². The van der Waals surface area contributed by atoms with E-state index in [1.165, 1.54) is 12.1 Å². The van der Waals surface area contributed by atoms with Gasteiger partial charge in [-0.1, -0.05) is 19.4 Å². The first-order chi connectivity index (χ1) is 14.6. The van der Waals surface area contributed by atoms with E-state index in [9.17, 15) is 31.1 Å². The van der Waals surface area contributed by atoms with Gasteiger partial charge in [-0.2, -0.15) is 0 Å². The lowest BCUT2D eigenvalue weighted by atomic mass is 10.1. The SMILES string of the molecule is CCCCc1ccc(C(=O)Oc2ccc3c(F)c(OC(F)(F)F)c(F)cc3c2)c(F)c1. The molecule has 0 fully saturated rings. The molecule has 0 heterocycles. The Balaban J connectivity index is 1.85. The zero-order valence-corrected chi connectivity index (χ0v) is 16.2. The smallest absolute Gasteiger partial charge is 0.423 e. The molecule has 164 valence electrons. The second kappa shape index (κ2) is 8.87. The number of ether oxygens (including phenoxy) is 2. The van der Waals surface area contributed by atoms with Gasteiger partial charge in [-0.15, -0.1) is 13.2 Å². The maximum absolute atomic E-state index is 14.3. The standard InChI is InChI=1S/C22H16F6O3/c1-2-3-4-12-5-7-16(17(23)9-12)21(29)30-14-6-8-15-13(10-14)11-18(24)20(19(15)25)31-22(26,27)28/h5-11H,2-4H2,1H3. The molecule has 3 aromatic rings. The topological polar surface area (TPSA) is 35.5 Å². The third kappa shape index (κ3) is 5.28. The van der Waals surface area contributed by atoms with Gasteiger partial charge < -0.3 is 9.47 Å². The molecule has 0 aromatic heterocycles. The average molecular weight is 442 g/mol. The number of carbonyl (C=O) groups is 1. The molecule has 0 radical (unpaired) electrons. The van der Waals surface area contributed by atoms with Crippen molar-refractivity contribution < 1.29 is 40.6 Å². The Morgan fingerprint density at radius 2 is 1.71 bits per heavy atom. The first kappa shape index (κ1) is 22.5. The summed E-state index contributed by atoms with van der Waals surface area (Å²) in [7, 11) is 0. The number of rotatable bonds is 6. The predicted octanol–water partition coefficient (Wildman–Crippen LogP) is 6.72. The lowest BCUT2D eigenvalue weighted by Gasteiger charge is -2.13. The number of halogens is 6. The molecule has 0 unspecified atom stereocenters. The number of unbranched alkanes of at least 4 members (excludes halogenated alkanes) is 1. The van der Waals surface area contributed by atoms with Gasteiger partial charge in [0.1, 0.15) is 11.6 Å². The van der Waals surface area contributed by atoms with E-state index in [0.717, 1.165) is 36.6 Å². The van der Waals surface area contributed by atoms with Crippen molar-refractivity contribution in [3.05, 3.63) is 71.0 Å². The molecule has 0 aliphatic carbocycles. The summed E-state index contributed by atoms with van der Waals surface area (Å²) < 4.78 is 88.0. The summed E-state index contributed by atoms with van der Waals surface area (Å²) in [6.45, 7) is 1.99. The molecule has 0 aliphatic heterocycles. The fourth-order valence-electron chi connectivity index (χ4n) is 2.98. The van der Waals surface area contributed by atoms with E-state index in [4.69, 9.17) is 4.74 Å². The number of benzene rings is 3. The Kier molecular flexibility index (Phi) is 6.42. The van der Waals surface area contributed by atoms with Gasteiger partial charge in [-0.05, 0) is 60.2 Å². The molecule has 9 heteroatoms. The van der Waals surface area contributed by atoms with Crippen molar-refractivity contribution in [2.45, 2.75) is 32.5 Å². The molecule has 3 rings (SSSR count). The van der Waals surface area contributed by atoms with Crippen molar-refractivity contribution in [3.63, 3.8) is 0 Å². The van der Waals surface area contributed by atoms with E-state index in [1.807, 2.05) is 6.92 Å². The summed E-state index contributed by atoms with van der Waals surface area (Å²) in [4.78, 5) is 12.3. The molecular weight excluding hydrogens is 426 g/mol. The zero-order chi connectivity index (χ0) is 22.8. The molecule has 3 aromatic carbocycles. The number of hydrogen-bond donors (Lipinski definition) is 0. The third-order valence-electron chi connectivity index (χ3n) is 4.46. The van der Waals surface area contributed by atoms with Crippen LogP contribution in [0.25, 0.3) is 10.8 Å². The fourth-order valence-corrected chi connectivity index (χ4v) is 2.98. The van der Waals surface area contributed by atoms with Crippen LogP contribution in [-0.2, 0) is 6.42 Å². The minimum Gasteiger partial charge on any atom is -0.423 e. The van der Waals surface area contributed by atoms with Gasteiger partial charge in [0.05, 0.1) is 5.56 Å². The van der Waals surface area contributed by atoms with Crippen LogP contribution in [0.2, 0.25) is 0 Å². The van der Waals surface area contributed by atoms with Crippen LogP contribution in [0.15, 0.2) is 42.5 Å². The monoisotopic (exact) mass is 442 g/mol. The quantitative estimate of drug-likeness (QED) is 0.242. The predicted molar refractivity (Wildman–Crippen MR) is 101 cm³/mol. The molecule has 0 amide bonds.